The Morgan fingerprint density at radius 2 is 2.07 bits per heavy atom. The molecule has 29 heavy (non-hydrogen) atoms. The summed E-state index contributed by atoms with van der Waals surface area (Å²) in [5, 5.41) is 3.79. The quantitative estimate of drug-likeness (QED) is 0.286. The summed E-state index contributed by atoms with van der Waals surface area (Å²) in [6, 6.07) is 13.7. The van der Waals surface area contributed by atoms with Gasteiger partial charge in [0.1, 0.15) is 17.3 Å². The lowest BCUT2D eigenvalue weighted by atomic mass is 10.1. The number of carbonyl (C=O) groups excluding carboxylic acids is 2. The van der Waals surface area contributed by atoms with E-state index in [1.54, 1.807) is 24.3 Å². The number of benzene rings is 2. The fourth-order valence-corrected chi connectivity index (χ4v) is 3.36. The standard InChI is InChI=1S/C21H13BrClNO5/c22-13-3-1-2-12(8-13)9-18-21(26)16-6-4-14(10-17(16)28-18)27-20(25)7-5-15-11-19(23)24-29-15/h1-4,6,8-11H,5,7H2/b18-9-. The first-order valence-corrected chi connectivity index (χ1v) is 9.81. The second kappa shape index (κ2) is 8.23. The Kier molecular flexibility index (Phi) is 5.51. The lowest BCUT2D eigenvalue weighted by Gasteiger charge is -2.05. The minimum absolute atomic E-state index is 0.0937. The van der Waals surface area contributed by atoms with Gasteiger partial charge in [-0.2, -0.15) is 0 Å². The van der Waals surface area contributed by atoms with Crippen LogP contribution in [0.25, 0.3) is 6.08 Å². The van der Waals surface area contributed by atoms with E-state index in [-0.39, 0.29) is 23.1 Å². The van der Waals surface area contributed by atoms with Crippen molar-refractivity contribution in [3.8, 4) is 11.5 Å². The number of esters is 1. The highest BCUT2D eigenvalue weighted by molar-refractivity contribution is 9.10. The van der Waals surface area contributed by atoms with Gasteiger partial charge in [0.2, 0.25) is 5.78 Å². The van der Waals surface area contributed by atoms with Gasteiger partial charge in [-0.3, -0.25) is 9.59 Å². The Morgan fingerprint density at radius 1 is 1.21 bits per heavy atom. The first-order chi connectivity index (χ1) is 14.0. The summed E-state index contributed by atoms with van der Waals surface area (Å²) in [5.74, 6) is 0.678. The summed E-state index contributed by atoms with van der Waals surface area (Å²) < 4.78 is 16.9. The summed E-state index contributed by atoms with van der Waals surface area (Å²) in [6.45, 7) is 0. The largest absolute Gasteiger partial charge is 0.452 e. The van der Waals surface area contributed by atoms with E-state index in [0.29, 0.717) is 29.2 Å². The van der Waals surface area contributed by atoms with Gasteiger partial charge < -0.3 is 14.0 Å². The maximum Gasteiger partial charge on any atom is 0.311 e. The van der Waals surface area contributed by atoms with Crippen LogP contribution in [0, 0.1) is 0 Å². The molecule has 146 valence electrons. The van der Waals surface area contributed by atoms with E-state index in [1.807, 2.05) is 24.3 Å². The number of fused-ring (bicyclic) bond motifs is 1. The van der Waals surface area contributed by atoms with Gasteiger partial charge in [0.05, 0.1) is 12.0 Å². The number of ether oxygens (including phenoxy) is 2. The monoisotopic (exact) mass is 473 g/mol. The van der Waals surface area contributed by atoms with Crippen molar-refractivity contribution in [1.82, 2.24) is 5.16 Å². The number of Topliss-reactive ketones (excluding diaryl/α,β-unsaturated/α-hetero) is 1. The van der Waals surface area contributed by atoms with Gasteiger partial charge in [0, 0.05) is 23.0 Å². The van der Waals surface area contributed by atoms with E-state index < -0.39 is 5.97 Å². The fourth-order valence-electron chi connectivity index (χ4n) is 2.79. The molecule has 4 rings (SSSR count). The third-order valence-electron chi connectivity index (χ3n) is 4.13. The summed E-state index contributed by atoms with van der Waals surface area (Å²) >= 11 is 9.07. The van der Waals surface area contributed by atoms with Gasteiger partial charge in [-0.15, -0.1) is 0 Å². The molecule has 2 aromatic carbocycles. The molecule has 0 fully saturated rings. The molecule has 1 aromatic heterocycles. The number of rotatable bonds is 5. The topological polar surface area (TPSA) is 78.6 Å². The fraction of sp³-hybridized carbons (Fsp3) is 0.0952. The van der Waals surface area contributed by atoms with Crippen LogP contribution in [-0.2, 0) is 11.2 Å². The average molecular weight is 475 g/mol. The maximum atomic E-state index is 12.5. The van der Waals surface area contributed by atoms with Crippen LogP contribution in [0.2, 0.25) is 5.15 Å². The van der Waals surface area contributed by atoms with Gasteiger partial charge in [0.25, 0.3) is 0 Å². The molecule has 3 aromatic rings. The zero-order valence-corrected chi connectivity index (χ0v) is 17.2. The first-order valence-electron chi connectivity index (χ1n) is 8.63. The summed E-state index contributed by atoms with van der Waals surface area (Å²) in [5.41, 5.74) is 1.25. The van der Waals surface area contributed by atoms with E-state index in [9.17, 15) is 9.59 Å². The van der Waals surface area contributed by atoms with Crippen molar-refractivity contribution in [2.75, 3.05) is 0 Å². The second-order valence-electron chi connectivity index (χ2n) is 6.24. The molecule has 6 nitrogen and oxygen atoms in total. The van der Waals surface area contributed by atoms with Crippen molar-refractivity contribution in [2.45, 2.75) is 12.8 Å². The summed E-state index contributed by atoms with van der Waals surface area (Å²) in [7, 11) is 0. The highest BCUT2D eigenvalue weighted by Gasteiger charge is 2.28. The Balaban J connectivity index is 1.43. The normalized spacial score (nSPS) is 14.0. The van der Waals surface area contributed by atoms with Crippen molar-refractivity contribution in [2.24, 2.45) is 0 Å². The molecule has 0 atom stereocenters. The highest BCUT2D eigenvalue weighted by atomic mass is 79.9. The van der Waals surface area contributed by atoms with Crippen LogP contribution in [0.15, 0.2) is 63.3 Å². The van der Waals surface area contributed by atoms with E-state index in [0.717, 1.165) is 10.0 Å². The number of allylic oxidation sites excluding steroid dienone is 1. The van der Waals surface area contributed by atoms with E-state index >= 15 is 0 Å². The van der Waals surface area contributed by atoms with Crippen molar-refractivity contribution in [1.29, 1.82) is 0 Å². The molecule has 0 saturated heterocycles. The second-order valence-corrected chi connectivity index (χ2v) is 7.55. The molecule has 0 N–H and O–H groups in total. The summed E-state index contributed by atoms with van der Waals surface area (Å²) in [6.07, 6.45) is 2.08. The zero-order chi connectivity index (χ0) is 20.4. The third-order valence-corrected chi connectivity index (χ3v) is 4.80. The van der Waals surface area contributed by atoms with Gasteiger partial charge in [-0.25, -0.2) is 0 Å². The van der Waals surface area contributed by atoms with Gasteiger partial charge >= 0.3 is 5.97 Å². The van der Waals surface area contributed by atoms with Crippen LogP contribution in [0.4, 0.5) is 0 Å². The maximum absolute atomic E-state index is 12.5. The van der Waals surface area contributed by atoms with Crippen molar-refractivity contribution in [3.63, 3.8) is 0 Å². The molecule has 1 aliphatic heterocycles. The van der Waals surface area contributed by atoms with Crippen molar-refractivity contribution >= 4 is 45.4 Å². The highest BCUT2D eigenvalue weighted by Crippen LogP contribution is 2.35. The van der Waals surface area contributed by atoms with Crippen LogP contribution >= 0.6 is 27.5 Å². The number of aromatic nitrogens is 1. The Labute approximate surface area is 179 Å². The number of hydrogen-bond acceptors (Lipinski definition) is 6. The smallest absolute Gasteiger partial charge is 0.311 e. The van der Waals surface area contributed by atoms with E-state index in [2.05, 4.69) is 21.1 Å². The van der Waals surface area contributed by atoms with E-state index in [4.69, 9.17) is 25.6 Å². The van der Waals surface area contributed by atoms with Crippen molar-refractivity contribution in [3.05, 3.63) is 80.8 Å². The minimum atomic E-state index is -0.452. The van der Waals surface area contributed by atoms with Gasteiger partial charge in [-0.1, -0.05) is 44.8 Å². The van der Waals surface area contributed by atoms with Crippen LogP contribution < -0.4 is 9.47 Å². The average Bonchev–Trinajstić information content (AvgIpc) is 3.23. The number of nitrogens with zero attached hydrogens (tertiary/aromatic N) is 1. The number of aryl methyl sites for hydroxylation is 1. The molecule has 8 heteroatoms. The van der Waals surface area contributed by atoms with E-state index in [1.165, 1.54) is 6.07 Å². The number of hydrogen-bond donors (Lipinski definition) is 0. The van der Waals surface area contributed by atoms with Crippen molar-refractivity contribution < 1.29 is 23.6 Å². The van der Waals surface area contributed by atoms with Gasteiger partial charge in [-0.05, 0) is 35.9 Å². The number of halogens is 2. The number of carbonyl (C=O) groups is 2. The Morgan fingerprint density at radius 3 is 2.83 bits per heavy atom. The van der Waals surface area contributed by atoms with Crippen LogP contribution in [0.1, 0.15) is 28.1 Å². The molecule has 0 bridgehead atoms. The first kappa shape index (κ1) is 19.4. The predicted molar refractivity (Wildman–Crippen MR) is 109 cm³/mol. The lowest BCUT2D eigenvalue weighted by Crippen LogP contribution is -2.08. The van der Waals surface area contributed by atoms with Gasteiger partial charge in [0.15, 0.2) is 10.9 Å². The molecular weight excluding hydrogens is 462 g/mol. The number of ketones is 1. The molecule has 0 saturated carbocycles. The molecular formula is C21H13BrClNO5. The molecule has 0 amide bonds. The van der Waals surface area contributed by atoms with Crippen LogP contribution in [0.3, 0.4) is 0 Å². The SMILES string of the molecule is O=C(CCc1cc(Cl)no1)Oc1ccc2c(c1)O/C(=C\c1cccc(Br)c1)C2=O. The van der Waals surface area contributed by atoms with Crippen LogP contribution in [0.5, 0.6) is 11.5 Å². The minimum Gasteiger partial charge on any atom is -0.452 e. The zero-order valence-electron chi connectivity index (χ0n) is 14.9. The lowest BCUT2D eigenvalue weighted by molar-refractivity contribution is -0.134. The predicted octanol–water partition coefficient (Wildman–Crippen LogP) is 5.24. The Bertz CT molecular complexity index is 1140. The molecule has 0 spiro atoms. The molecule has 2 heterocycles. The molecule has 0 radical (unpaired) electrons. The molecule has 0 aliphatic carbocycles. The Hall–Kier alpha value is -2.90. The molecule has 1 aliphatic rings. The van der Waals surface area contributed by atoms with Crippen LogP contribution in [-0.4, -0.2) is 16.9 Å². The third kappa shape index (κ3) is 4.58. The summed E-state index contributed by atoms with van der Waals surface area (Å²) in [4.78, 5) is 24.6. The molecule has 0 unspecified atom stereocenters.